The second-order valence-corrected chi connectivity index (χ2v) is 6.98. The highest BCUT2D eigenvalue weighted by molar-refractivity contribution is 5.90. The first-order valence-electron chi connectivity index (χ1n) is 9.16. The van der Waals surface area contributed by atoms with Gasteiger partial charge >= 0.3 is 0 Å². The lowest BCUT2D eigenvalue weighted by molar-refractivity contribution is -0.116. The van der Waals surface area contributed by atoms with Gasteiger partial charge in [-0.1, -0.05) is 6.42 Å². The van der Waals surface area contributed by atoms with Gasteiger partial charge in [0.05, 0.1) is 6.10 Å². The summed E-state index contributed by atoms with van der Waals surface area (Å²) in [5.41, 5.74) is 0.793. The van der Waals surface area contributed by atoms with Crippen molar-refractivity contribution in [3.05, 3.63) is 24.3 Å². The number of nitrogens with one attached hydrogen (secondary N) is 2. The molecule has 0 aromatic heterocycles. The van der Waals surface area contributed by atoms with E-state index in [1.807, 2.05) is 24.3 Å². The van der Waals surface area contributed by atoms with Crippen molar-refractivity contribution >= 4 is 24.0 Å². The van der Waals surface area contributed by atoms with Crippen molar-refractivity contribution in [3.8, 4) is 5.75 Å². The highest BCUT2D eigenvalue weighted by Crippen LogP contribution is 2.25. The second kappa shape index (κ2) is 10.00. The fourth-order valence-corrected chi connectivity index (χ4v) is 3.53. The number of aliphatic hydroxyl groups excluding tert-OH is 1. The predicted molar refractivity (Wildman–Crippen MR) is 101 cm³/mol. The standard InChI is InChI=1S/C19H28N2O3.ClH/c22-17-3-1-2-4-18(17)24-16-8-6-15(7-9-16)21-19(23)10-5-14-11-12-20-13-14;/h6-9,14,17-18,20,22H,1-5,10-13H2,(H,21,23);1H. The molecule has 3 unspecified atom stereocenters. The molecule has 25 heavy (non-hydrogen) atoms. The summed E-state index contributed by atoms with van der Waals surface area (Å²) in [6.45, 7) is 2.11. The summed E-state index contributed by atoms with van der Waals surface area (Å²) in [5.74, 6) is 1.45. The Bertz CT molecular complexity index is 532. The van der Waals surface area contributed by atoms with E-state index in [4.69, 9.17) is 4.74 Å². The zero-order valence-corrected chi connectivity index (χ0v) is 15.4. The molecule has 6 heteroatoms. The van der Waals surface area contributed by atoms with Gasteiger partial charge in [0.15, 0.2) is 0 Å². The van der Waals surface area contributed by atoms with Gasteiger partial charge in [0.1, 0.15) is 11.9 Å². The van der Waals surface area contributed by atoms with E-state index >= 15 is 0 Å². The Morgan fingerprint density at radius 1 is 1.20 bits per heavy atom. The first-order chi connectivity index (χ1) is 11.7. The lowest BCUT2D eigenvalue weighted by Crippen LogP contribution is -2.34. The van der Waals surface area contributed by atoms with Gasteiger partial charge in [-0.3, -0.25) is 4.79 Å². The fraction of sp³-hybridized carbons (Fsp3) is 0.632. The van der Waals surface area contributed by atoms with Crippen molar-refractivity contribution in [1.29, 1.82) is 0 Å². The van der Waals surface area contributed by atoms with Gasteiger partial charge in [-0.2, -0.15) is 0 Å². The van der Waals surface area contributed by atoms with Gasteiger partial charge in [-0.05, 0) is 75.4 Å². The van der Waals surface area contributed by atoms with Crippen molar-refractivity contribution in [3.63, 3.8) is 0 Å². The van der Waals surface area contributed by atoms with Crippen molar-refractivity contribution in [2.24, 2.45) is 5.92 Å². The fourth-order valence-electron chi connectivity index (χ4n) is 3.53. The number of hydrogen-bond donors (Lipinski definition) is 3. The van der Waals surface area contributed by atoms with Crippen LogP contribution in [0.15, 0.2) is 24.3 Å². The number of hydrogen-bond acceptors (Lipinski definition) is 4. The SMILES string of the molecule is Cl.O=C(CCC1CCNC1)Nc1ccc(OC2CCCCC2O)cc1. The predicted octanol–water partition coefficient (Wildman–Crippen LogP) is 3.12. The lowest BCUT2D eigenvalue weighted by Gasteiger charge is -2.28. The Balaban J connectivity index is 0.00000225. The first kappa shape index (κ1) is 20.0. The number of ether oxygens (including phenoxy) is 1. The topological polar surface area (TPSA) is 70.6 Å². The zero-order chi connectivity index (χ0) is 16.8. The summed E-state index contributed by atoms with van der Waals surface area (Å²) in [5, 5.41) is 16.2. The molecule has 3 rings (SSSR count). The summed E-state index contributed by atoms with van der Waals surface area (Å²) in [4.78, 5) is 12.0. The van der Waals surface area contributed by atoms with Crippen LogP contribution >= 0.6 is 12.4 Å². The number of carbonyl (C=O) groups excluding carboxylic acids is 1. The number of rotatable bonds is 6. The van der Waals surface area contributed by atoms with Crippen molar-refractivity contribution in [1.82, 2.24) is 5.32 Å². The third kappa shape index (κ3) is 6.17. The lowest BCUT2D eigenvalue weighted by atomic mass is 9.95. The van der Waals surface area contributed by atoms with E-state index in [-0.39, 0.29) is 30.5 Å². The summed E-state index contributed by atoms with van der Waals surface area (Å²) in [6.07, 6.45) is 6.09. The molecule has 1 aromatic rings. The highest BCUT2D eigenvalue weighted by Gasteiger charge is 2.24. The number of halogens is 1. The summed E-state index contributed by atoms with van der Waals surface area (Å²) < 4.78 is 5.87. The van der Waals surface area contributed by atoms with Crippen LogP contribution < -0.4 is 15.4 Å². The van der Waals surface area contributed by atoms with E-state index in [1.54, 1.807) is 0 Å². The maximum atomic E-state index is 12.0. The van der Waals surface area contributed by atoms with Crippen LogP contribution in [0.2, 0.25) is 0 Å². The first-order valence-corrected chi connectivity index (χ1v) is 9.16. The molecule has 2 fully saturated rings. The summed E-state index contributed by atoms with van der Waals surface area (Å²) in [6, 6.07) is 7.44. The van der Waals surface area contributed by atoms with Crippen LogP contribution in [0, 0.1) is 5.92 Å². The molecule has 1 aliphatic heterocycles. The van der Waals surface area contributed by atoms with E-state index in [0.29, 0.717) is 12.3 Å². The van der Waals surface area contributed by atoms with Crippen LogP contribution in [0.25, 0.3) is 0 Å². The molecule has 1 aliphatic carbocycles. The molecule has 1 saturated heterocycles. The van der Waals surface area contributed by atoms with Crippen molar-refractivity contribution < 1.29 is 14.6 Å². The van der Waals surface area contributed by atoms with Crippen LogP contribution in [-0.4, -0.2) is 36.3 Å². The third-order valence-corrected chi connectivity index (χ3v) is 5.04. The number of aliphatic hydroxyl groups is 1. The van der Waals surface area contributed by atoms with Crippen LogP contribution in [0.4, 0.5) is 5.69 Å². The van der Waals surface area contributed by atoms with Crippen molar-refractivity contribution in [2.45, 2.75) is 57.2 Å². The summed E-state index contributed by atoms with van der Waals surface area (Å²) >= 11 is 0. The molecular weight excluding hydrogens is 340 g/mol. The molecule has 0 bridgehead atoms. The quantitative estimate of drug-likeness (QED) is 0.721. The maximum absolute atomic E-state index is 12.0. The molecule has 5 nitrogen and oxygen atoms in total. The molecule has 140 valence electrons. The van der Waals surface area contributed by atoms with E-state index in [1.165, 1.54) is 6.42 Å². The average Bonchev–Trinajstić information content (AvgIpc) is 3.10. The van der Waals surface area contributed by atoms with Gasteiger partial charge in [0, 0.05) is 12.1 Å². The Kier molecular flexibility index (Phi) is 8.00. The Morgan fingerprint density at radius 3 is 2.64 bits per heavy atom. The van der Waals surface area contributed by atoms with Crippen LogP contribution in [0.5, 0.6) is 5.75 Å². The highest BCUT2D eigenvalue weighted by atomic mass is 35.5. The minimum absolute atomic E-state index is 0. The van der Waals surface area contributed by atoms with Gasteiger partial charge in [0.25, 0.3) is 0 Å². The van der Waals surface area contributed by atoms with Gasteiger partial charge in [-0.15, -0.1) is 12.4 Å². The average molecular weight is 369 g/mol. The number of anilines is 1. The van der Waals surface area contributed by atoms with Crippen LogP contribution in [0.1, 0.15) is 44.9 Å². The van der Waals surface area contributed by atoms with Crippen molar-refractivity contribution in [2.75, 3.05) is 18.4 Å². The number of benzene rings is 1. The Morgan fingerprint density at radius 2 is 1.96 bits per heavy atom. The normalized spacial score (nSPS) is 25.9. The minimum atomic E-state index is -0.372. The van der Waals surface area contributed by atoms with Gasteiger partial charge < -0.3 is 20.5 Å². The van der Waals surface area contributed by atoms with Crippen LogP contribution in [0.3, 0.4) is 0 Å². The molecule has 1 heterocycles. The largest absolute Gasteiger partial charge is 0.488 e. The molecule has 1 aromatic carbocycles. The molecule has 2 aliphatic rings. The maximum Gasteiger partial charge on any atom is 0.224 e. The zero-order valence-electron chi connectivity index (χ0n) is 14.6. The van der Waals surface area contributed by atoms with E-state index in [2.05, 4.69) is 10.6 Å². The molecule has 0 radical (unpaired) electrons. The van der Waals surface area contributed by atoms with Gasteiger partial charge in [-0.25, -0.2) is 0 Å². The molecule has 0 spiro atoms. The Hall–Kier alpha value is -1.30. The van der Waals surface area contributed by atoms with E-state index in [9.17, 15) is 9.90 Å². The molecule has 1 amide bonds. The summed E-state index contributed by atoms with van der Waals surface area (Å²) in [7, 11) is 0. The van der Waals surface area contributed by atoms with Gasteiger partial charge in [0.2, 0.25) is 5.91 Å². The minimum Gasteiger partial charge on any atom is -0.488 e. The monoisotopic (exact) mass is 368 g/mol. The molecule has 3 atom stereocenters. The smallest absolute Gasteiger partial charge is 0.224 e. The van der Waals surface area contributed by atoms with E-state index in [0.717, 1.165) is 56.6 Å². The number of carbonyl (C=O) groups is 1. The third-order valence-electron chi connectivity index (χ3n) is 5.04. The number of amides is 1. The second-order valence-electron chi connectivity index (χ2n) is 6.98. The molecule has 1 saturated carbocycles. The van der Waals surface area contributed by atoms with E-state index < -0.39 is 0 Å². The van der Waals surface area contributed by atoms with Crippen LogP contribution in [-0.2, 0) is 4.79 Å². The Labute approximate surface area is 155 Å². The molecular formula is C19H29ClN2O3. The molecule has 3 N–H and O–H groups in total.